The van der Waals surface area contributed by atoms with E-state index in [4.69, 9.17) is 20.2 Å². The highest BCUT2D eigenvalue weighted by Gasteiger charge is 2.40. The maximum Gasteiger partial charge on any atom is 0.261 e. The maximum atomic E-state index is 13.3. The van der Waals surface area contributed by atoms with Crippen molar-refractivity contribution in [3.63, 3.8) is 0 Å². The van der Waals surface area contributed by atoms with Gasteiger partial charge < -0.3 is 35.2 Å². The van der Waals surface area contributed by atoms with Gasteiger partial charge in [0.2, 0.25) is 29.6 Å². The predicted octanol–water partition coefficient (Wildman–Crippen LogP) is 2.30. The number of aromatic nitrogens is 2. The molecule has 2 aromatic carbocycles. The number of ether oxygens (including phenoxy) is 2. The van der Waals surface area contributed by atoms with Crippen LogP contribution in [0.4, 0.5) is 17.3 Å². The second kappa shape index (κ2) is 19.1. The van der Waals surface area contributed by atoms with Gasteiger partial charge in [-0.1, -0.05) is 25.0 Å². The number of piperazine rings is 1. The Morgan fingerprint density at radius 1 is 0.919 bits per heavy atom. The van der Waals surface area contributed by atoms with Crippen LogP contribution < -0.4 is 31.2 Å². The Kier molecular flexibility index (Phi) is 13.0. The van der Waals surface area contributed by atoms with Crippen LogP contribution in [-0.2, 0) is 20.9 Å². The monoisotopic (exact) mass is 848 g/mol. The summed E-state index contributed by atoms with van der Waals surface area (Å²) in [6.07, 6.45) is 8.21. The van der Waals surface area contributed by atoms with Crippen molar-refractivity contribution in [2.45, 2.75) is 64.0 Å². The lowest BCUT2D eigenvalue weighted by Crippen LogP contribution is -2.52. The summed E-state index contributed by atoms with van der Waals surface area (Å²) in [6, 6.07) is 8.47. The van der Waals surface area contributed by atoms with Crippen LogP contribution in [0.1, 0.15) is 83.2 Å². The van der Waals surface area contributed by atoms with Gasteiger partial charge in [0.15, 0.2) is 11.5 Å². The summed E-state index contributed by atoms with van der Waals surface area (Å²) in [4.78, 5) is 88.9. The maximum absolute atomic E-state index is 13.3. The number of carbonyl (C=O) groups is 5. The molecular formula is C43H52N12O7. The summed E-state index contributed by atoms with van der Waals surface area (Å²) in [7, 11) is 1.58. The van der Waals surface area contributed by atoms with Crippen LogP contribution in [0.15, 0.2) is 52.7 Å². The number of rotatable bonds is 16. The SMILES string of the molecule is COc1c(OCCCN2CCN(CCCCCCC(=O)Nc3cccc4c3C(=O)N(C3CCC(=O)NC3=O)C4)CC2)ccc2c1N=C(NC(=O)c1cnc(N)nc1)N1CCN=C21. The molecule has 326 valence electrons. The standard InChI is InChI=1S/C43H52N12O7/c1-61-37-32(13-11-29-36(37)50-43(54-18-15-45-38(29)54)51-39(58)28-24-46-42(44)47-25-28)62-23-7-17-53-21-19-52(20-22-53)16-5-3-2-4-10-33(56)48-30-9-6-8-27-26-55(41(60)35(27)30)31-12-14-34(57)49-40(31)59/h6,8-9,11,13,24-25,31H,2-5,7,10,12,14-23,26H2,1H3,(H,48,56)(H2,44,46,47)(H,49,57,59)(H,50,51,58). The van der Waals surface area contributed by atoms with E-state index in [-0.39, 0.29) is 42.2 Å². The Morgan fingerprint density at radius 2 is 1.68 bits per heavy atom. The summed E-state index contributed by atoms with van der Waals surface area (Å²) in [5, 5.41) is 8.12. The Morgan fingerprint density at radius 3 is 2.44 bits per heavy atom. The summed E-state index contributed by atoms with van der Waals surface area (Å²) >= 11 is 0. The van der Waals surface area contributed by atoms with E-state index in [1.165, 1.54) is 17.3 Å². The predicted molar refractivity (Wildman–Crippen MR) is 229 cm³/mol. The number of carbonyl (C=O) groups excluding carboxylic acids is 5. The van der Waals surface area contributed by atoms with Crippen LogP contribution in [0.2, 0.25) is 0 Å². The molecule has 1 atom stereocenters. The van der Waals surface area contributed by atoms with Crippen molar-refractivity contribution in [2.75, 3.05) is 77.1 Å². The topological polar surface area (TPSA) is 229 Å². The van der Waals surface area contributed by atoms with Crippen molar-refractivity contribution < 1.29 is 33.4 Å². The summed E-state index contributed by atoms with van der Waals surface area (Å²) in [5.41, 5.74) is 8.83. The van der Waals surface area contributed by atoms with Gasteiger partial charge in [0.25, 0.3) is 11.8 Å². The third-order valence-electron chi connectivity index (χ3n) is 11.8. The first kappa shape index (κ1) is 42.2. The molecule has 0 bridgehead atoms. The molecule has 6 heterocycles. The zero-order valence-corrected chi connectivity index (χ0v) is 34.9. The summed E-state index contributed by atoms with van der Waals surface area (Å²) < 4.78 is 12.0. The minimum Gasteiger partial charge on any atom is -0.491 e. The van der Waals surface area contributed by atoms with Gasteiger partial charge in [-0.05, 0) is 56.0 Å². The third-order valence-corrected chi connectivity index (χ3v) is 11.8. The molecule has 5 aliphatic heterocycles. The van der Waals surface area contributed by atoms with Crippen molar-refractivity contribution in [1.82, 2.24) is 40.2 Å². The molecular weight excluding hydrogens is 797 g/mol. The van der Waals surface area contributed by atoms with Gasteiger partial charge in [-0.2, -0.15) is 0 Å². The van der Waals surface area contributed by atoms with Crippen molar-refractivity contribution in [2.24, 2.45) is 9.98 Å². The van der Waals surface area contributed by atoms with E-state index in [1.54, 1.807) is 19.2 Å². The number of imide groups is 1. The number of piperidine rings is 1. The largest absolute Gasteiger partial charge is 0.491 e. The highest BCUT2D eigenvalue weighted by Crippen LogP contribution is 2.43. The quantitative estimate of drug-likeness (QED) is 0.120. The molecule has 0 spiro atoms. The molecule has 2 saturated heterocycles. The van der Waals surface area contributed by atoms with Crippen molar-refractivity contribution in [3.8, 4) is 11.5 Å². The van der Waals surface area contributed by atoms with Gasteiger partial charge in [-0.15, -0.1) is 0 Å². The first-order chi connectivity index (χ1) is 30.2. The van der Waals surface area contributed by atoms with Gasteiger partial charge in [0.05, 0.1) is 37.1 Å². The first-order valence-electron chi connectivity index (χ1n) is 21.3. The fourth-order valence-electron chi connectivity index (χ4n) is 8.54. The van der Waals surface area contributed by atoms with Crippen LogP contribution in [0, 0.1) is 0 Å². The fraction of sp³-hybridized carbons (Fsp3) is 0.465. The number of unbranched alkanes of at least 4 members (excludes halogenated alkanes) is 3. The van der Waals surface area contributed by atoms with Gasteiger partial charge >= 0.3 is 0 Å². The molecule has 0 radical (unpaired) electrons. The average Bonchev–Trinajstić information content (AvgIpc) is 3.90. The number of fused-ring (bicyclic) bond motifs is 4. The number of hydrogen-bond acceptors (Lipinski definition) is 15. The third kappa shape index (κ3) is 9.37. The van der Waals surface area contributed by atoms with E-state index in [1.807, 2.05) is 23.1 Å². The Bertz CT molecular complexity index is 2270. The number of amidine groups is 1. The van der Waals surface area contributed by atoms with E-state index in [9.17, 15) is 24.0 Å². The molecule has 1 unspecified atom stereocenters. The van der Waals surface area contributed by atoms with E-state index in [2.05, 4.69) is 40.7 Å². The summed E-state index contributed by atoms with van der Waals surface area (Å²) in [6.45, 7) is 7.84. The molecule has 5 aliphatic rings. The minimum absolute atomic E-state index is 0.0808. The number of nitrogens with one attached hydrogen (secondary N) is 3. The second-order valence-electron chi connectivity index (χ2n) is 15.9. The van der Waals surface area contributed by atoms with Crippen molar-refractivity contribution in [1.29, 1.82) is 0 Å². The van der Waals surface area contributed by atoms with Crippen LogP contribution in [0.3, 0.4) is 0 Å². The molecule has 0 saturated carbocycles. The zero-order valence-electron chi connectivity index (χ0n) is 34.9. The Balaban J connectivity index is 0.721. The van der Waals surface area contributed by atoms with Gasteiger partial charge in [0, 0.05) is 76.6 Å². The van der Waals surface area contributed by atoms with Crippen molar-refractivity contribution in [3.05, 3.63) is 65.0 Å². The second-order valence-corrected chi connectivity index (χ2v) is 15.9. The number of methoxy groups -OCH3 is 1. The number of amides is 5. The normalized spacial score (nSPS) is 18.7. The van der Waals surface area contributed by atoms with E-state index in [0.29, 0.717) is 72.8 Å². The number of nitrogen functional groups attached to an aromatic ring is 1. The molecule has 0 aliphatic carbocycles. The molecule has 3 aromatic rings. The van der Waals surface area contributed by atoms with Crippen LogP contribution in [0.25, 0.3) is 0 Å². The lowest BCUT2D eigenvalue weighted by molar-refractivity contribution is -0.137. The number of hydrogen-bond donors (Lipinski definition) is 4. The molecule has 5 amide bonds. The molecule has 8 rings (SSSR count). The Hall–Kier alpha value is -6.47. The molecule has 19 nitrogen and oxygen atoms in total. The van der Waals surface area contributed by atoms with Crippen molar-refractivity contribution >= 4 is 58.7 Å². The number of nitrogens with zero attached hydrogens (tertiary/aromatic N) is 8. The van der Waals surface area contributed by atoms with Crippen LogP contribution in [0.5, 0.6) is 11.5 Å². The van der Waals surface area contributed by atoms with Crippen LogP contribution in [-0.4, -0.2) is 143 Å². The van der Waals surface area contributed by atoms with Gasteiger partial charge in [-0.25, -0.2) is 15.0 Å². The van der Waals surface area contributed by atoms with E-state index in [0.717, 1.165) is 82.5 Å². The average molecular weight is 849 g/mol. The lowest BCUT2D eigenvalue weighted by Gasteiger charge is -2.34. The van der Waals surface area contributed by atoms with Gasteiger partial charge in [0.1, 0.15) is 17.6 Å². The zero-order chi connectivity index (χ0) is 43.2. The summed E-state index contributed by atoms with van der Waals surface area (Å²) in [5.74, 6) is 0.532. The molecule has 62 heavy (non-hydrogen) atoms. The molecule has 19 heteroatoms. The number of guanidine groups is 1. The fourth-order valence-corrected chi connectivity index (χ4v) is 8.54. The first-order valence-corrected chi connectivity index (χ1v) is 21.3. The number of nitrogens with two attached hydrogens (primary N) is 1. The van der Waals surface area contributed by atoms with E-state index < -0.39 is 17.9 Å². The molecule has 5 N–H and O–H groups in total. The number of aliphatic imine (C=N–C) groups is 2. The minimum atomic E-state index is -0.698. The molecule has 2 fully saturated rings. The van der Waals surface area contributed by atoms with E-state index >= 15 is 0 Å². The Labute approximate surface area is 359 Å². The number of benzene rings is 2. The number of anilines is 2. The highest BCUT2D eigenvalue weighted by molar-refractivity contribution is 6.20. The highest BCUT2D eigenvalue weighted by atomic mass is 16.5. The van der Waals surface area contributed by atoms with Crippen LogP contribution >= 0.6 is 0 Å². The smallest absolute Gasteiger partial charge is 0.261 e. The lowest BCUT2D eigenvalue weighted by atomic mass is 10.0. The van der Waals surface area contributed by atoms with Gasteiger partial charge in [-0.3, -0.25) is 44.5 Å². The molecule has 1 aromatic heterocycles.